The van der Waals surface area contributed by atoms with Gasteiger partial charge in [-0.05, 0) is 108 Å². The normalized spacial score (nSPS) is 13.1. The zero-order valence-electron chi connectivity index (χ0n) is 25.9. The van der Waals surface area contributed by atoms with E-state index < -0.39 is 34.8 Å². The quantitative estimate of drug-likeness (QED) is 0.142. The Morgan fingerprint density at radius 2 is 1.61 bits per heavy atom. The summed E-state index contributed by atoms with van der Waals surface area (Å²) < 4.78 is 55.8. The van der Waals surface area contributed by atoms with E-state index >= 15 is 0 Å². The Hall–Kier alpha value is -2.31. The first kappa shape index (κ1) is 36.5. The molecule has 3 aromatic carbocycles. The molecule has 0 saturated heterocycles. The van der Waals surface area contributed by atoms with Gasteiger partial charge in [-0.2, -0.15) is 13.2 Å². The second-order valence-corrected chi connectivity index (χ2v) is 15.5. The maximum atomic E-state index is 14.3. The average molecular weight is 805 g/mol. The van der Waals surface area contributed by atoms with Crippen molar-refractivity contribution in [2.45, 2.75) is 77.4 Å². The van der Waals surface area contributed by atoms with E-state index in [0.717, 1.165) is 14.0 Å². The van der Waals surface area contributed by atoms with Crippen LogP contribution in [0.1, 0.15) is 74.3 Å². The van der Waals surface area contributed by atoms with Crippen LogP contribution in [0.4, 0.5) is 13.2 Å². The molecule has 46 heavy (non-hydrogen) atoms. The molecule has 0 amide bonds. The number of carbonyl (C=O) groups is 1. The molecule has 4 nitrogen and oxygen atoms in total. The summed E-state index contributed by atoms with van der Waals surface area (Å²) in [7, 11) is 0. The number of benzene rings is 3. The predicted octanol–water partition coefficient (Wildman–Crippen LogP) is 10.4. The summed E-state index contributed by atoms with van der Waals surface area (Å²) in [5.41, 5.74) is -0.369. The van der Waals surface area contributed by atoms with Crippen LogP contribution in [0.2, 0.25) is 10.0 Å². The third kappa shape index (κ3) is 8.98. The molecule has 1 aromatic heterocycles. The molecule has 4 rings (SSSR count). The summed E-state index contributed by atoms with van der Waals surface area (Å²) in [6.45, 7) is 8.65. The summed E-state index contributed by atoms with van der Waals surface area (Å²) in [5.74, 6) is -1.29. The van der Waals surface area contributed by atoms with E-state index in [1.54, 1.807) is 30.3 Å². The van der Waals surface area contributed by atoms with Gasteiger partial charge in [-0.1, -0.05) is 74.3 Å². The highest BCUT2D eigenvalue weighted by Gasteiger charge is 2.35. The van der Waals surface area contributed by atoms with E-state index in [-0.39, 0.29) is 21.4 Å². The van der Waals surface area contributed by atoms with Gasteiger partial charge in [0.2, 0.25) is 0 Å². The Morgan fingerprint density at radius 3 is 2.22 bits per heavy atom. The van der Waals surface area contributed by atoms with E-state index in [2.05, 4.69) is 22.6 Å². The van der Waals surface area contributed by atoms with Gasteiger partial charge < -0.3 is 19.4 Å². The smallest absolute Gasteiger partial charge is 0.417 e. The van der Waals surface area contributed by atoms with Gasteiger partial charge in [-0.15, -0.1) is 11.3 Å². The van der Waals surface area contributed by atoms with Crippen molar-refractivity contribution < 1.29 is 32.5 Å². The Kier molecular flexibility index (Phi) is 11.5. The summed E-state index contributed by atoms with van der Waals surface area (Å²) >= 11 is 16.5. The van der Waals surface area contributed by atoms with Crippen LogP contribution in [-0.2, 0) is 34.2 Å². The highest BCUT2D eigenvalue weighted by atomic mass is 127. The number of rotatable bonds is 11. The van der Waals surface area contributed by atoms with E-state index in [1.165, 1.54) is 31.3 Å². The Balaban J connectivity index is 1.64. The van der Waals surface area contributed by atoms with Gasteiger partial charge in [-0.25, -0.2) is 0 Å². The lowest BCUT2D eigenvalue weighted by atomic mass is 9.85. The Labute approximate surface area is 295 Å². The second-order valence-electron chi connectivity index (χ2n) is 12.4. The Bertz CT molecular complexity index is 1700. The number of thiophene rings is 1. The fraction of sp³-hybridized carbons (Fsp3) is 0.343. The van der Waals surface area contributed by atoms with E-state index in [0.29, 0.717) is 35.5 Å². The van der Waals surface area contributed by atoms with Crippen LogP contribution in [0.5, 0.6) is 5.75 Å². The molecule has 0 radical (unpaired) electrons. The lowest BCUT2D eigenvalue weighted by Crippen LogP contribution is -2.48. The van der Waals surface area contributed by atoms with E-state index in [4.69, 9.17) is 32.7 Å². The molecule has 1 unspecified atom stereocenters. The minimum Gasteiger partial charge on any atom is -0.546 e. The van der Waals surface area contributed by atoms with Crippen molar-refractivity contribution in [1.82, 2.24) is 0 Å². The number of alkyl halides is 3. The number of carbonyl (C=O) groups excluding carboxylic acids is 1. The summed E-state index contributed by atoms with van der Waals surface area (Å²) in [6.07, 6.45) is -4.13. The van der Waals surface area contributed by atoms with Crippen LogP contribution in [0.3, 0.4) is 0 Å². The Morgan fingerprint density at radius 1 is 0.935 bits per heavy atom. The van der Waals surface area contributed by atoms with E-state index in [1.807, 2.05) is 51.1 Å². The van der Waals surface area contributed by atoms with Gasteiger partial charge in [-0.3, -0.25) is 0 Å². The van der Waals surface area contributed by atoms with Gasteiger partial charge in [0.05, 0.1) is 29.3 Å². The van der Waals surface area contributed by atoms with Crippen LogP contribution < -0.4 is 9.84 Å². The second kappa shape index (κ2) is 14.4. The number of hydrogen-bond acceptors (Lipinski definition) is 5. The van der Waals surface area contributed by atoms with Crippen LogP contribution >= 0.6 is 57.1 Å². The van der Waals surface area contributed by atoms with Gasteiger partial charge >= 0.3 is 6.18 Å². The molecule has 1 atom stereocenters. The average Bonchev–Trinajstić information content (AvgIpc) is 3.46. The zero-order valence-corrected chi connectivity index (χ0v) is 30.3. The van der Waals surface area contributed by atoms with Crippen molar-refractivity contribution in [1.29, 1.82) is 0 Å². The molecule has 0 fully saturated rings. The molecular formula is C35H33Cl2F3IO4S-. The van der Waals surface area contributed by atoms with Gasteiger partial charge in [0.15, 0.2) is 0 Å². The largest absolute Gasteiger partial charge is 0.546 e. The molecular weight excluding hydrogens is 771 g/mol. The lowest BCUT2D eigenvalue weighted by Gasteiger charge is -2.28. The molecule has 4 aromatic rings. The number of aryl methyl sites for hydroxylation is 1. The van der Waals surface area contributed by atoms with Crippen molar-refractivity contribution in [3.05, 3.63) is 107 Å². The minimum atomic E-state index is -4.52. The molecule has 1 heterocycles. The highest BCUT2D eigenvalue weighted by molar-refractivity contribution is 14.1. The first-order valence-corrected chi connectivity index (χ1v) is 17.1. The molecule has 0 bridgehead atoms. The molecule has 11 heteroatoms. The number of carboxylic acids is 1. The minimum absolute atomic E-state index is 0.0710. The van der Waals surface area contributed by atoms with Gasteiger partial charge in [0, 0.05) is 18.9 Å². The summed E-state index contributed by atoms with van der Waals surface area (Å²) in [4.78, 5) is 12.7. The predicted molar refractivity (Wildman–Crippen MR) is 185 cm³/mol. The maximum Gasteiger partial charge on any atom is 0.417 e. The fourth-order valence-corrected chi connectivity index (χ4v) is 6.63. The van der Waals surface area contributed by atoms with Crippen molar-refractivity contribution in [3.8, 4) is 16.2 Å². The standard InChI is InChI=1S/C35H34Cl2F3IO4S/c1-33(2,3)22-10-13-24(25(18-22)35(38,39)40)28-16-17-29(46-28)26(44-19-20-6-11-23(41)12-7-20)14-8-21-9-15-27(31(37)30(21)36)45-34(4,5)32(42)43/h6-7,9-13,15-18,26H,8,14,19H2,1-5H3,(H,42,43)/p-1. The van der Waals surface area contributed by atoms with Crippen LogP contribution in [0.25, 0.3) is 10.4 Å². The third-order valence-electron chi connectivity index (χ3n) is 7.42. The molecule has 0 saturated carbocycles. The number of hydrogen-bond donors (Lipinski definition) is 0. The topological polar surface area (TPSA) is 58.6 Å². The van der Waals surface area contributed by atoms with Gasteiger partial charge in [0.25, 0.3) is 0 Å². The number of carboxylic acid groups (broad SMARTS) is 1. The third-order valence-corrected chi connectivity index (χ3v) is 10.3. The molecule has 0 N–H and O–H groups in total. The van der Waals surface area contributed by atoms with E-state index in [9.17, 15) is 23.1 Å². The monoisotopic (exact) mass is 803 g/mol. The first-order chi connectivity index (χ1) is 21.4. The lowest BCUT2D eigenvalue weighted by molar-refractivity contribution is -0.320. The van der Waals surface area contributed by atoms with Crippen molar-refractivity contribution in [3.63, 3.8) is 0 Å². The molecule has 246 valence electrons. The van der Waals surface area contributed by atoms with Crippen LogP contribution in [0.15, 0.2) is 66.7 Å². The van der Waals surface area contributed by atoms with Crippen molar-refractivity contribution >= 4 is 63.1 Å². The first-order valence-electron chi connectivity index (χ1n) is 14.4. The molecule has 0 aliphatic carbocycles. The maximum absolute atomic E-state index is 14.3. The molecule has 0 spiro atoms. The number of aliphatic carboxylic acids is 1. The van der Waals surface area contributed by atoms with Crippen molar-refractivity contribution in [2.24, 2.45) is 0 Å². The molecule has 0 aliphatic rings. The number of ether oxygens (including phenoxy) is 2. The van der Waals surface area contributed by atoms with Crippen LogP contribution in [-0.4, -0.2) is 11.6 Å². The van der Waals surface area contributed by atoms with Gasteiger partial charge in [0.1, 0.15) is 16.4 Å². The summed E-state index contributed by atoms with van der Waals surface area (Å²) in [5, 5.41) is 11.7. The van der Waals surface area contributed by atoms with Crippen molar-refractivity contribution in [2.75, 3.05) is 0 Å². The zero-order chi connectivity index (χ0) is 34.0. The molecule has 0 aliphatic heterocycles. The van der Waals surface area contributed by atoms with Crippen LogP contribution in [0, 0.1) is 3.57 Å². The number of halogens is 6. The SMILES string of the molecule is CC(C)(Oc1ccc(CCC(OCc2ccc(I)cc2)c2ccc(-c3ccc(C(C)(C)C)cc3C(F)(F)F)s2)c(Cl)c1Cl)C(=O)[O-]. The summed E-state index contributed by atoms with van der Waals surface area (Å²) in [6, 6.07) is 19.2. The highest BCUT2D eigenvalue weighted by Crippen LogP contribution is 2.44. The fourth-order valence-electron chi connectivity index (χ4n) is 4.66.